The number of benzene rings is 1. The van der Waals surface area contributed by atoms with Gasteiger partial charge in [-0.3, -0.25) is 0 Å². The van der Waals surface area contributed by atoms with Crippen molar-refractivity contribution in [2.75, 3.05) is 11.9 Å². The second-order valence-corrected chi connectivity index (χ2v) is 4.05. The maximum atomic E-state index is 4.46. The Morgan fingerprint density at radius 1 is 1.12 bits per heavy atom. The Morgan fingerprint density at radius 3 is 2.59 bits per heavy atom. The van der Waals surface area contributed by atoms with E-state index in [-0.39, 0.29) is 0 Å². The standard InChI is InChI=1S/C14H17N3/c1-3-15-13-8-9-16-14(17-13)10-12-6-4-11(2)5-7-12/h4-9H,3,10H2,1-2H3,(H,15,16,17). The normalized spacial score (nSPS) is 10.2. The monoisotopic (exact) mass is 227 g/mol. The predicted molar refractivity (Wildman–Crippen MR) is 70.2 cm³/mol. The van der Waals surface area contributed by atoms with Crippen molar-refractivity contribution >= 4 is 5.82 Å². The summed E-state index contributed by atoms with van der Waals surface area (Å²) in [6.07, 6.45) is 2.58. The Hall–Kier alpha value is -1.90. The molecule has 2 rings (SSSR count). The first-order chi connectivity index (χ1) is 8.28. The molecule has 0 aliphatic carbocycles. The third-order valence-corrected chi connectivity index (χ3v) is 2.55. The van der Waals surface area contributed by atoms with Crippen molar-refractivity contribution in [2.24, 2.45) is 0 Å². The van der Waals surface area contributed by atoms with E-state index in [0.717, 1.165) is 24.6 Å². The average Bonchev–Trinajstić information content (AvgIpc) is 2.33. The Morgan fingerprint density at radius 2 is 1.88 bits per heavy atom. The second kappa shape index (κ2) is 5.43. The highest BCUT2D eigenvalue weighted by atomic mass is 15.0. The smallest absolute Gasteiger partial charge is 0.135 e. The summed E-state index contributed by atoms with van der Waals surface area (Å²) < 4.78 is 0. The fourth-order valence-corrected chi connectivity index (χ4v) is 1.65. The maximum absolute atomic E-state index is 4.46. The van der Waals surface area contributed by atoms with Crippen LogP contribution in [0.3, 0.4) is 0 Å². The van der Waals surface area contributed by atoms with E-state index in [1.165, 1.54) is 11.1 Å². The van der Waals surface area contributed by atoms with E-state index in [4.69, 9.17) is 0 Å². The van der Waals surface area contributed by atoms with Crippen LogP contribution in [-0.4, -0.2) is 16.5 Å². The molecular formula is C14H17N3. The molecule has 0 aliphatic heterocycles. The van der Waals surface area contributed by atoms with E-state index in [1.54, 1.807) is 6.20 Å². The molecule has 0 fully saturated rings. The second-order valence-electron chi connectivity index (χ2n) is 4.05. The molecule has 0 saturated carbocycles. The number of aryl methyl sites for hydroxylation is 1. The number of anilines is 1. The Bertz CT molecular complexity index is 477. The summed E-state index contributed by atoms with van der Waals surface area (Å²) in [7, 11) is 0. The molecular weight excluding hydrogens is 210 g/mol. The van der Waals surface area contributed by atoms with Crippen LogP contribution < -0.4 is 5.32 Å². The summed E-state index contributed by atoms with van der Waals surface area (Å²) in [5, 5.41) is 3.19. The van der Waals surface area contributed by atoms with Crippen LogP contribution in [0.2, 0.25) is 0 Å². The third-order valence-electron chi connectivity index (χ3n) is 2.55. The molecule has 0 atom stereocenters. The van der Waals surface area contributed by atoms with Crippen LogP contribution in [-0.2, 0) is 6.42 Å². The summed E-state index contributed by atoms with van der Waals surface area (Å²) >= 11 is 0. The Kier molecular flexibility index (Phi) is 3.70. The highest BCUT2D eigenvalue weighted by molar-refractivity contribution is 5.33. The van der Waals surface area contributed by atoms with Crippen molar-refractivity contribution in [1.29, 1.82) is 0 Å². The lowest BCUT2D eigenvalue weighted by Gasteiger charge is -2.05. The maximum Gasteiger partial charge on any atom is 0.135 e. The van der Waals surface area contributed by atoms with Crippen molar-refractivity contribution in [1.82, 2.24) is 9.97 Å². The van der Waals surface area contributed by atoms with Gasteiger partial charge in [0, 0.05) is 19.2 Å². The molecule has 0 amide bonds. The van der Waals surface area contributed by atoms with Crippen LogP contribution in [0.1, 0.15) is 23.9 Å². The molecule has 1 aromatic heterocycles. The van der Waals surface area contributed by atoms with E-state index < -0.39 is 0 Å². The Balaban J connectivity index is 2.12. The molecule has 0 saturated heterocycles. The molecule has 88 valence electrons. The van der Waals surface area contributed by atoms with Gasteiger partial charge >= 0.3 is 0 Å². The minimum atomic E-state index is 0.777. The van der Waals surface area contributed by atoms with Gasteiger partial charge in [-0.25, -0.2) is 9.97 Å². The molecule has 1 N–H and O–H groups in total. The number of aromatic nitrogens is 2. The predicted octanol–water partition coefficient (Wildman–Crippen LogP) is 2.81. The van der Waals surface area contributed by atoms with Gasteiger partial charge in [-0.05, 0) is 25.5 Å². The van der Waals surface area contributed by atoms with Gasteiger partial charge in [0.25, 0.3) is 0 Å². The molecule has 17 heavy (non-hydrogen) atoms. The van der Waals surface area contributed by atoms with E-state index in [2.05, 4.69) is 53.4 Å². The van der Waals surface area contributed by atoms with Gasteiger partial charge in [0.1, 0.15) is 11.6 Å². The van der Waals surface area contributed by atoms with Crippen molar-refractivity contribution in [3.8, 4) is 0 Å². The van der Waals surface area contributed by atoms with Gasteiger partial charge in [0.05, 0.1) is 0 Å². The zero-order valence-electron chi connectivity index (χ0n) is 10.3. The Labute approximate surface area is 102 Å². The topological polar surface area (TPSA) is 37.8 Å². The first kappa shape index (κ1) is 11.6. The van der Waals surface area contributed by atoms with Gasteiger partial charge in [0.2, 0.25) is 0 Å². The molecule has 0 radical (unpaired) electrons. The van der Waals surface area contributed by atoms with Crippen LogP contribution in [0.25, 0.3) is 0 Å². The van der Waals surface area contributed by atoms with Gasteiger partial charge in [-0.2, -0.15) is 0 Å². The number of nitrogens with zero attached hydrogens (tertiary/aromatic N) is 2. The van der Waals surface area contributed by atoms with E-state index in [9.17, 15) is 0 Å². The highest BCUT2D eigenvalue weighted by Gasteiger charge is 2.00. The summed E-state index contributed by atoms with van der Waals surface area (Å²) in [6, 6.07) is 10.4. The van der Waals surface area contributed by atoms with Crippen LogP contribution in [0, 0.1) is 6.92 Å². The quantitative estimate of drug-likeness (QED) is 0.872. The summed E-state index contributed by atoms with van der Waals surface area (Å²) in [4.78, 5) is 8.75. The fraction of sp³-hybridized carbons (Fsp3) is 0.286. The first-order valence-corrected chi connectivity index (χ1v) is 5.89. The van der Waals surface area contributed by atoms with E-state index in [0.29, 0.717) is 0 Å². The molecule has 0 aliphatic rings. The lowest BCUT2D eigenvalue weighted by Crippen LogP contribution is -2.03. The van der Waals surface area contributed by atoms with Crippen LogP contribution >= 0.6 is 0 Å². The summed E-state index contributed by atoms with van der Waals surface area (Å²) in [5.74, 6) is 1.75. The first-order valence-electron chi connectivity index (χ1n) is 5.89. The molecule has 0 unspecified atom stereocenters. The molecule has 1 aromatic carbocycles. The van der Waals surface area contributed by atoms with Crippen molar-refractivity contribution < 1.29 is 0 Å². The van der Waals surface area contributed by atoms with Crippen LogP contribution in [0.5, 0.6) is 0 Å². The molecule has 2 aromatic rings. The van der Waals surface area contributed by atoms with Crippen molar-refractivity contribution in [2.45, 2.75) is 20.3 Å². The van der Waals surface area contributed by atoms with Crippen molar-refractivity contribution in [3.05, 3.63) is 53.5 Å². The molecule has 3 heteroatoms. The largest absolute Gasteiger partial charge is 0.370 e. The van der Waals surface area contributed by atoms with Gasteiger partial charge in [0.15, 0.2) is 0 Å². The SMILES string of the molecule is CCNc1ccnc(Cc2ccc(C)cc2)n1. The number of hydrogen-bond donors (Lipinski definition) is 1. The zero-order chi connectivity index (χ0) is 12.1. The number of rotatable bonds is 4. The van der Waals surface area contributed by atoms with Crippen LogP contribution in [0.15, 0.2) is 36.5 Å². The third kappa shape index (κ3) is 3.28. The zero-order valence-corrected chi connectivity index (χ0v) is 10.3. The van der Waals surface area contributed by atoms with Gasteiger partial charge in [-0.1, -0.05) is 29.8 Å². The van der Waals surface area contributed by atoms with E-state index >= 15 is 0 Å². The average molecular weight is 227 g/mol. The molecule has 1 heterocycles. The summed E-state index contributed by atoms with van der Waals surface area (Å²) in [6.45, 7) is 5.02. The highest BCUT2D eigenvalue weighted by Crippen LogP contribution is 2.09. The molecule has 3 nitrogen and oxygen atoms in total. The fourth-order valence-electron chi connectivity index (χ4n) is 1.65. The van der Waals surface area contributed by atoms with Crippen molar-refractivity contribution in [3.63, 3.8) is 0 Å². The molecule has 0 bridgehead atoms. The number of nitrogens with one attached hydrogen (secondary N) is 1. The van der Waals surface area contributed by atoms with Gasteiger partial charge < -0.3 is 5.32 Å². The van der Waals surface area contributed by atoms with E-state index in [1.807, 2.05) is 6.07 Å². The minimum Gasteiger partial charge on any atom is -0.370 e. The minimum absolute atomic E-state index is 0.777. The number of hydrogen-bond acceptors (Lipinski definition) is 3. The molecule has 0 spiro atoms. The van der Waals surface area contributed by atoms with Gasteiger partial charge in [-0.15, -0.1) is 0 Å². The summed E-state index contributed by atoms with van der Waals surface area (Å²) in [5.41, 5.74) is 2.51. The van der Waals surface area contributed by atoms with Crippen LogP contribution in [0.4, 0.5) is 5.82 Å². The lowest BCUT2D eigenvalue weighted by molar-refractivity contribution is 0.961. The lowest BCUT2D eigenvalue weighted by atomic mass is 10.1.